The number of hydrogen-bond donors (Lipinski definition) is 0. The summed E-state index contributed by atoms with van der Waals surface area (Å²) in [6.45, 7) is 1.72. The Kier molecular flexibility index (Phi) is 5.04. The van der Waals surface area contributed by atoms with E-state index in [1.165, 1.54) is 12.1 Å². The second-order valence-electron chi connectivity index (χ2n) is 5.63. The van der Waals surface area contributed by atoms with Crippen molar-refractivity contribution in [2.75, 3.05) is 0 Å². The van der Waals surface area contributed by atoms with Gasteiger partial charge < -0.3 is 4.79 Å². The Morgan fingerprint density at radius 3 is 2.00 bits per heavy atom. The van der Waals surface area contributed by atoms with Crippen LogP contribution in [0.2, 0.25) is 0 Å². The van der Waals surface area contributed by atoms with Crippen LogP contribution in [0.4, 0.5) is 13.2 Å². The molecule has 0 fully saturated rings. The predicted octanol–water partition coefficient (Wildman–Crippen LogP) is 5.27. The van der Waals surface area contributed by atoms with Crippen LogP contribution in [0.3, 0.4) is 0 Å². The molecule has 0 saturated carbocycles. The van der Waals surface area contributed by atoms with Gasteiger partial charge >= 0.3 is 6.18 Å². The number of alkyl halides is 3. The minimum absolute atomic E-state index is 0.413. The first-order valence-corrected chi connectivity index (χ1v) is 7.21. The first-order valence-electron chi connectivity index (χ1n) is 7.21. The van der Waals surface area contributed by atoms with Crippen LogP contribution in [0.5, 0.6) is 0 Å². The van der Waals surface area contributed by atoms with Crippen LogP contribution in [0, 0.1) is 0 Å². The number of hydrogen-bond acceptors (Lipinski definition) is 1. The summed E-state index contributed by atoms with van der Waals surface area (Å²) in [5.74, 6) is 0. The highest BCUT2D eigenvalue weighted by Gasteiger charge is 2.31. The normalized spacial score (nSPS) is 14.6. The van der Waals surface area contributed by atoms with E-state index in [4.69, 9.17) is 0 Å². The molecule has 0 aromatic heterocycles. The summed E-state index contributed by atoms with van der Waals surface area (Å²) in [5.41, 5.74) is 0.00999. The fourth-order valence-electron chi connectivity index (χ4n) is 2.28. The van der Waals surface area contributed by atoms with E-state index >= 15 is 0 Å². The molecule has 0 saturated heterocycles. The number of carbonyl (C=O) groups excluding carboxylic acids is 1. The van der Waals surface area contributed by atoms with E-state index in [1.54, 1.807) is 6.92 Å². The summed E-state index contributed by atoms with van der Waals surface area (Å²) in [4.78, 5) is 11.5. The molecule has 0 amide bonds. The largest absolute Gasteiger partial charge is 0.416 e. The van der Waals surface area contributed by atoms with Crippen LogP contribution < -0.4 is 0 Å². The number of allylic oxidation sites excluding steroid dienone is 1. The Balaban J connectivity index is 2.16. The zero-order chi connectivity index (χ0) is 16.9. The second kappa shape index (κ2) is 6.82. The Morgan fingerprint density at radius 1 is 0.913 bits per heavy atom. The van der Waals surface area contributed by atoms with Gasteiger partial charge in [-0.25, -0.2) is 0 Å². The van der Waals surface area contributed by atoms with Crippen molar-refractivity contribution in [3.8, 4) is 0 Å². The summed E-state index contributed by atoms with van der Waals surface area (Å²) in [5, 5.41) is 0. The Morgan fingerprint density at radius 2 is 1.48 bits per heavy atom. The van der Waals surface area contributed by atoms with Crippen LogP contribution in [0.25, 0.3) is 6.08 Å². The van der Waals surface area contributed by atoms with Gasteiger partial charge in [-0.1, -0.05) is 54.6 Å². The molecule has 0 heterocycles. The van der Waals surface area contributed by atoms with Crippen molar-refractivity contribution >= 4 is 12.4 Å². The molecule has 2 aromatic rings. The maximum absolute atomic E-state index is 12.6. The van der Waals surface area contributed by atoms with Crippen LogP contribution in [0.1, 0.15) is 30.0 Å². The predicted molar refractivity (Wildman–Crippen MR) is 85.0 cm³/mol. The van der Waals surface area contributed by atoms with E-state index in [2.05, 4.69) is 0 Å². The fourth-order valence-corrected chi connectivity index (χ4v) is 2.28. The van der Waals surface area contributed by atoms with Crippen LogP contribution in [-0.2, 0) is 16.4 Å². The fraction of sp³-hybridized carbons (Fsp3) is 0.211. The summed E-state index contributed by atoms with van der Waals surface area (Å²) < 4.78 is 37.8. The molecule has 0 radical (unpaired) electrons. The number of halogens is 3. The van der Waals surface area contributed by atoms with E-state index < -0.39 is 17.2 Å². The van der Waals surface area contributed by atoms with E-state index in [-0.39, 0.29) is 0 Å². The van der Waals surface area contributed by atoms with Gasteiger partial charge in [-0.15, -0.1) is 0 Å². The molecule has 0 aliphatic rings. The van der Waals surface area contributed by atoms with Crippen LogP contribution >= 0.6 is 0 Å². The Labute approximate surface area is 133 Å². The van der Waals surface area contributed by atoms with Gasteiger partial charge in [-0.2, -0.15) is 13.2 Å². The highest BCUT2D eigenvalue weighted by atomic mass is 19.4. The lowest BCUT2D eigenvalue weighted by Crippen LogP contribution is -2.23. The van der Waals surface area contributed by atoms with Crippen LogP contribution in [0.15, 0.2) is 60.7 Å². The molecule has 0 bridgehead atoms. The number of carbonyl (C=O) groups is 1. The maximum atomic E-state index is 12.6. The molecular weight excluding hydrogens is 301 g/mol. The van der Waals surface area contributed by atoms with Gasteiger partial charge in [-0.3, -0.25) is 0 Å². The molecular formula is C19H17F3O. The van der Waals surface area contributed by atoms with Crippen molar-refractivity contribution in [1.82, 2.24) is 0 Å². The quantitative estimate of drug-likeness (QED) is 0.687. The monoisotopic (exact) mass is 318 g/mol. The van der Waals surface area contributed by atoms with Crippen molar-refractivity contribution in [1.29, 1.82) is 0 Å². The lowest BCUT2D eigenvalue weighted by Gasteiger charge is -2.22. The SMILES string of the molecule is C[C@](C=O)(C/C=C/c1ccccc1)c1ccc(C(F)(F)F)cc1. The van der Waals surface area contributed by atoms with E-state index in [0.717, 1.165) is 24.0 Å². The molecule has 0 spiro atoms. The third-order valence-electron chi connectivity index (χ3n) is 3.78. The standard InChI is InChI=1S/C19H17F3O/c1-18(14-23,13-5-8-15-6-3-2-4-7-15)16-9-11-17(12-10-16)19(20,21)22/h2-12,14H,13H2,1H3/b8-5+/t18-/m1/s1. The summed E-state index contributed by atoms with van der Waals surface area (Å²) in [6, 6.07) is 14.4. The van der Waals surface area contributed by atoms with Crippen molar-refractivity contribution in [2.45, 2.75) is 24.9 Å². The van der Waals surface area contributed by atoms with Crippen molar-refractivity contribution in [3.63, 3.8) is 0 Å². The number of benzene rings is 2. The third-order valence-corrected chi connectivity index (χ3v) is 3.78. The molecule has 0 unspecified atom stereocenters. The topological polar surface area (TPSA) is 17.1 Å². The van der Waals surface area contributed by atoms with Gasteiger partial charge in [0.1, 0.15) is 6.29 Å². The van der Waals surface area contributed by atoms with Gasteiger partial charge in [0.25, 0.3) is 0 Å². The van der Waals surface area contributed by atoms with Crippen molar-refractivity contribution < 1.29 is 18.0 Å². The van der Waals surface area contributed by atoms with Gasteiger partial charge in [0.2, 0.25) is 0 Å². The zero-order valence-electron chi connectivity index (χ0n) is 12.7. The molecule has 1 atom stereocenters. The lowest BCUT2D eigenvalue weighted by atomic mass is 9.80. The summed E-state index contributed by atoms with van der Waals surface area (Å²) in [7, 11) is 0. The average Bonchev–Trinajstić information content (AvgIpc) is 2.55. The van der Waals surface area contributed by atoms with Gasteiger partial charge in [-0.05, 0) is 36.6 Å². The molecule has 4 heteroatoms. The first kappa shape index (κ1) is 17.0. The van der Waals surface area contributed by atoms with Gasteiger partial charge in [0.05, 0.1) is 11.0 Å². The van der Waals surface area contributed by atoms with Crippen molar-refractivity contribution in [2.24, 2.45) is 0 Å². The highest BCUT2D eigenvalue weighted by Crippen LogP contribution is 2.32. The summed E-state index contributed by atoms with van der Waals surface area (Å²) >= 11 is 0. The molecule has 120 valence electrons. The smallest absolute Gasteiger partial charge is 0.302 e. The number of aldehydes is 1. The van der Waals surface area contributed by atoms with Crippen molar-refractivity contribution in [3.05, 3.63) is 77.4 Å². The third kappa shape index (κ3) is 4.31. The highest BCUT2D eigenvalue weighted by molar-refractivity contribution is 5.69. The van der Waals surface area contributed by atoms with E-state index in [0.29, 0.717) is 12.0 Å². The van der Waals surface area contributed by atoms with Gasteiger partial charge in [0.15, 0.2) is 0 Å². The Bertz CT molecular complexity index is 672. The van der Waals surface area contributed by atoms with E-state index in [9.17, 15) is 18.0 Å². The minimum Gasteiger partial charge on any atom is -0.302 e. The summed E-state index contributed by atoms with van der Waals surface area (Å²) in [6.07, 6.45) is 0.582. The molecule has 23 heavy (non-hydrogen) atoms. The molecule has 1 nitrogen and oxygen atoms in total. The molecule has 0 N–H and O–H groups in total. The molecule has 0 aliphatic heterocycles. The minimum atomic E-state index is -4.37. The van der Waals surface area contributed by atoms with Crippen LogP contribution in [-0.4, -0.2) is 6.29 Å². The Hall–Kier alpha value is -2.36. The van der Waals surface area contributed by atoms with Gasteiger partial charge in [0, 0.05) is 0 Å². The maximum Gasteiger partial charge on any atom is 0.416 e. The first-order chi connectivity index (χ1) is 10.8. The molecule has 2 rings (SSSR count). The zero-order valence-corrected chi connectivity index (χ0v) is 12.7. The second-order valence-corrected chi connectivity index (χ2v) is 5.63. The van der Waals surface area contributed by atoms with E-state index in [1.807, 2.05) is 42.5 Å². The number of rotatable bonds is 5. The molecule has 0 aliphatic carbocycles. The molecule has 2 aromatic carbocycles. The average molecular weight is 318 g/mol. The lowest BCUT2D eigenvalue weighted by molar-refractivity contribution is -0.137.